The molecule has 1 aliphatic rings. The molecule has 2 aromatic heterocycles. The first kappa shape index (κ1) is 15.5. The average molecular weight is 359 g/mol. The van der Waals surface area contributed by atoms with E-state index in [1.807, 2.05) is 41.8 Å². The Labute approximate surface area is 148 Å². The van der Waals surface area contributed by atoms with Gasteiger partial charge in [0, 0.05) is 21.0 Å². The Morgan fingerprint density at radius 2 is 2.04 bits per heavy atom. The number of aliphatic hydroxyl groups is 1. The highest BCUT2D eigenvalue weighted by atomic mass is 35.5. The fraction of sp³-hybridized carbons (Fsp3) is 0.235. The van der Waals surface area contributed by atoms with E-state index in [4.69, 9.17) is 16.6 Å². The Morgan fingerprint density at radius 3 is 2.79 bits per heavy atom. The quantitative estimate of drug-likeness (QED) is 0.759. The highest BCUT2D eigenvalue weighted by Crippen LogP contribution is 2.36. The molecule has 1 aliphatic heterocycles. The first-order valence-electron chi connectivity index (χ1n) is 7.59. The summed E-state index contributed by atoms with van der Waals surface area (Å²) in [5.41, 5.74) is 2.65. The van der Waals surface area contributed by atoms with Crippen molar-refractivity contribution in [2.24, 2.45) is 4.99 Å². The van der Waals surface area contributed by atoms with E-state index in [0.717, 1.165) is 38.4 Å². The van der Waals surface area contributed by atoms with Crippen molar-refractivity contribution in [2.75, 3.05) is 0 Å². The number of aryl methyl sites for hydroxylation is 1. The Balaban J connectivity index is 1.99. The van der Waals surface area contributed by atoms with Crippen LogP contribution in [0.5, 0.6) is 0 Å². The van der Waals surface area contributed by atoms with E-state index in [-0.39, 0.29) is 0 Å². The van der Waals surface area contributed by atoms with Gasteiger partial charge in [-0.1, -0.05) is 29.8 Å². The molecule has 122 valence electrons. The molecule has 0 saturated carbocycles. The van der Waals surface area contributed by atoms with Gasteiger partial charge < -0.3 is 5.11 Å². The molecule has 4 rings (SSSR count). The number of fused-ring (bicyclic) bond motifs is 3. The van der Waals surface area contributed by atoms with Crippen molar-refractivity contribution >= 4 is 28.6 Å². The van der Waals surface area contributed by atoms with Crippen LogP contribution in [-0.2, 0) is 6.54 Å². The maximum atomic E-state index is 10.0. The number of halogens is 1. The van der Waals surface area contributed by atoms with Gasteiger partial charge in [0.05, 0.1) is 11.8 Å². The van der Waals surface area contributed by atoms with Crippen LogP contribution in [0.1, 0.15) is 40.7 Å². The highest BCUT2D eigenvalue weighted by Gasteiger charge is 2.26. The fourth-order valence-electron chi connectivity index (χ4n) is 2.83. The van der Waals surface area contributed by atoms with E-state index >= 15 is 0 Å². The molecule has 1 aromatic carbocycles. The topological polar surface area (TPSA) is 63.3 Å². The molecule has 0 spiro atoms. The van der Waals surface area contributed by atoms with Crippen molar-refractivity contribution in [1.82, 2.24) is 14.8 Å². The zero-order valence-electron chi connectivity index (χ0n) is 13.2. The predicted molar refractivity (Wildman–Crippen MR) is 95.4 cm³/mol. The monoisotopic (exact) mass is 358 g/mol. The minimum atomic E-state index is -0.547. The highest BCUT2D eigenvalue weighted by molar-refractivity contribution is 7.15. The Kier molecular flexibility index (Phi) is 3.75. The zero-order valence-corrected chi connectivity index (χ0v) is 14.8. The van der Waals surface area contributed by atoms with Crippen LogP contribution < -0.4 is 0 Å². The number of nitrogens with zero attached hydrogens (tertiary/aromatic N) is 4. The SMILES string of the molecule is Cc1nnc2n1-c1sc(C(C)O)cc1C(c1ccccc1Cl)=NC2. The number of rotatable bonds is 2. The van der Waals surface area contributed by atoms with Gasteiger partial charge in [0.2, 0.25) is 0 Å². The first-order valence-corrected chi connectivity index (χ1v) is 8.78. The molecule has 5 nitrogen and oxygen atoms in total. The summed E-state index contributed by atoms with van der Waals surface area (Å²) in [6, 6.07) is 9.65. The van der Waals surface area contributed by atoms with E-state index in [2.05, 4.69) is 10.2 Å². The summed E-state index contributed by atoms with van der Waals surface area (Å²) in [4.78, 5) is 5.63. The number of hydrogen-bond acceptors (Lipinski definition) is 5. The number of thiophene rings is 1. The summed E-state index contributed by atoms with van der Waals surface area (Å²) in [5, 5.41) is 20.1. The summed E-state index contributed by atoms with van der Waals surface area (Å²) in [5.74, 6) is 1.59. The molecule has 0 bridgehead atoms. The van der Waals surface area contributed by atoms with Gasteiger partial charge in [-0.2, -0.15) is 0 Å². The smallest absolute Gasteiger partial charge is 0.160 e. The standard InChI is InChI=1S/C17H15ClN4OS/c1-9(23)14-7-12-16(11-5-3-4-6-13(11)18)19-8-15-21-20-10(2)22(15)17(12)24-14/h3-7,9,23H,8H2,1-2H3. The number of aliphatic hydroxyl groups excluding tert-OH is 1. The summed E-state index contributed by atoms with van der Waals surface area (Å²) < 4.78 is 2.01. The van der Waals surface area contributed by atoms with Gasteiger partial charge in [-0.25, -0.2) is 0 Å². The third kappa shape index (κ3) is 2.38. The Hall–Kier alpha value is -2.02. The van der Waals surface area contributed by atoms with Gasteiger partial charge in [-0.3, -0.25) is 9.56 Å². The van der Waals surface area contributed by atoms with Crippen molar-refractivity contribution in [3.05, 3.63) is 63.0 Å². The second-order valence-corrected chi connectivity index (χ2v) is 7.16. The van der Waals surface area contributed by atoms with Crippen LogP contribution in [0.15, 0.2) is 35.3 Å². The van der Waals surface area contributed by atoms with Crippen LogP contribution in [-0.4, -0.2) is 25.6 Å². The van der Waals surface area contributed by atoms with Crippen molar-refractivity contribution in [3.8, 4) is 5.00 Å². The van der Waals surface area contributed by atoms with Gasteiger partial charge in [0.15, 0.2) is 5.82 Å². The van der Waals surface area contributed by atoms with E-state index in [1.54, 1.807) is 6.92 Å². The summed E-state index contributed by atoms with van der Waals surface area (Å²) in [7, 11) is 0. The van der Waals surface area contributed by atoms with E-state index < -0.39 is 6.10 Å². The lowest BCUT2D eigenvalue weighted by molar-refractivity contribution is 0.203. The summed E-state index contributed by atoms with van der Waals surface area (Å²) >= 11 is 7.93. The minimum absolute atomic E-state index is 0.437. The number of aliphatic imine (C=N–C) groups is 1. The average Bonchev–Trinajstić information content (AvgIpc) is 3.10. The molecule has 0 amide bonds. The molecule has 0 aliphatic carbocycles. The molecule has 3 aromatic rings. The molecular weight excluding hydrogens is 344 g/mol. The van der Waals surface area contributed by atoms with Gasteiger partial charge in [-0.05, 0) is 26.0 Å². The molecule has 3 heterocycles. The first-order chi connectivity index (χ1) is 11.6. The lowest BCUT2D eigenvalue weighted by atomic mass is 10.0. The summed E-state index contributed by atoms with van der Waals surface area (Å²) in [6.45, 7) is 4.12. The lowest BCUT2D eigenvalue weighted by Crippen LogP contribution is -2.05. The van der Waals surface area contributed by atoms with Crippen LogP contribution in [0.4, 0.5) is 0 Å². The third-order valence-corrected chi connectivity index (χ3v) is 5.62. The molecule has 1 atom stereocenters. The van der Waals surface area contributed by atoms with Crippen molar-refractivity contribution < 1.29 is 5.11 Å². The van der Waals surface area contributed by atoms with Crippen LogP contribution in [0.3, 0.4) is 0 Å². The maximum Gasteiger partial charge on any atom is 0.160 e. The number of benzene rings is 1. The summed E-state index contributed by atoms with van der Waals surface area (Å²) in [6.07, 6.45) is -0.547. The Morgan fingerprint density at radius 1 is 1.25 bits per heavy atom. The van der Waals surface area contributed by atoms with Gasteiger partial charge >= 0.3 is 0 Å². The van der Waals surface area contributed by atoms with Crippen LogP contribution in [0, 0.1) is 6.92 Å². The third-order valence-electron chi connectivity index (χ3n) is 4.00. The van der Waals surface area contributed by atoms with Crippen molar-refractivity contribution in [1.29, 1.82) is 0 Å². The Bertz CT molecular complexity index is 957. The van der Waals surface area contributed by atoms with Crippen LogP contribution >= 0.6 is 22.9 Å². The molecule has 7 heteroatoms. The van der Waals surface area contributed by atoms with Gasteiger partial charge in [0.25, 0.3) is 0 Å². The largest absolute Gasteiger partial charge is 0.388 e. The van der Waals surface area contributed by atoms with Crippen LogP contribution in [0.2, 0.25) is 5.02 Å². The number of hydrogen-bond donors (Lipinski definition) is 1. The molecule has 0 fully saturated rings. The minimum Gasteiger partial charge on any atom is -0.388 e. The van der Waals surface area contributed by atoms with Crippen molar-refractivity contribution in [2.45, 2.75) is 26.5 Å². The molecule has 0 radical (unpaired) electrons. The predicted octanol–water partition coefficient (Wildman–Crippen LogP) is 3.69. The molecular formula is C17H15ClN4OS. The second kappa shape index (κ2) is 5.81. The van der Waals surface area contributed by atoms with E-state index in [9.17, 15) is 5.11 Å². The van der Waals surface area contributed by atoms with Gasteiger partial charge in [-0.15, -0.1) is 21.5 Å². The van der Waals surface area contributed by atoms with E-state index in [1.165, 1.54) is 11.3 Å². The second-order valence-electron chi connectivity index (χ2n) is 5.69. The number of aromatic nitrogens is 3. The van der Waals surface area contributed by atoms with E-state index in [0.29, 0.717) is 11.6 Å². The van der Waals surface area contributed by atoms with Gasteiger partial charge in [0.1, 0.15) is 17.4 Å². The van der Waals surface area contributed by atoms with Crippen molar-refractivity contribution in [3.63, 3.8) is 0 Å². The lowest BCUT2D eigenvalue weighted by Gasteiger charge is -2.08. The molecule has 1 unspecified atom stereocenters. The van der Waals surface area contributed by atoms with Crippen LogP contribution in [0.25, 0.3) is 5.00 Å². The molecule has 24 heavy (non-hydrogen) atoms. The fourth-order valence-corrected chi connectivity index (χ4v) is 4.22. The normalized spacial score (nSPS) is 14.6. The molecule has 0 saturated heterocycles. The maximum absolute atomic E-state index is 10.0. The molecule has 1 N–H and O–H groups in total. The zero-order chi connectivity index (χ0) is 16.8.